The lowest BCUT2D eigenvalue weighted by Gasteiger charge is -2.25. The van der Waals surface area contributed by atoms with Crippen molar-refractivity contribution in [3.63, 3.8) is 0 Å². The Hall–Kier alpha value is -0.940. The maximum atomic E-state index is 13.7. The molecule has 0 aliphatic heterocycles. The van der Waals surface area contributed by atoms with Gasteiger partial charge in [0.2, 0.25) is 0 Å². The van der Waals surface area contributed by atoms with Crippen LogP contribution in [0, 0.1) is 19.7 Å². The molecular formula is C14H22FNO2S. The molecule has 3 nitrogen and oxygen atoms in total. The van der Waals surface area contributed by atoms with Crippen LogP contribution in [0.2, 0.25) is 0 Å². The second kappa shape index (κ2) is 6.01. The minimum Gasteiger partial charge on any atom is -0.309 e. The van der Waals surface area contributed by atoms with Crippen molar-refractivity contribution in [1.29, 1.82) is 0 Å². The van der Waals surface area contributed by atoms with Crippen molar-refractivity contribution in [2.75, 3.05) is 12.8 Å². The average molecular weight is 287 g/mol. The number of halogens is 1. The third-order valence-electron chi connectivity index (χ3n) is 3.39. The maximum absolute atomic E-state index is 13.7. The third kappa shape index (κ3) is 3.76. The largest absolute Gasteiger partial charge is 0.309 e. The van der Waals surface area contributed by atoms with Gasteiger partial charge in [-0.2, -0.15) is 0 Å². The van der Waals surface area contributed by atoms with Gasteiger partial charge in [0, 0.05) is 12.3 Å². The number of hydrogen-bond donors (Lipinski definition) is 1. The molecule has 0 fully saturated rings. The molecule has 1 N–H and O–H groups in total. The molecule has 5 heteroatoms. The van der Waals surface area contributed by atoms with Crippen LogP contribution in [0.1, 0.15) is 36.6 Å². The molecule has 19 heavy (non-hydrogen) atoms. The lowest BCUT2D eigenvalue weighted by molar-refractivity contribution is 0.511. The monoisotopic (exact) mass is 287 g/mol. The summed E-state index contributed by atoms with van der Waals surface area (Å²) in [5.74, 6) is -0.231. The van der Waals surface area contributed by atoms with Crippen molar-refractivity contribution >= 4 is 9.84 Å². The van der Waals surface area contributed by atoms with Crippen molar-refractivity contribution < 1.29 is 12.8 Å². The summed E-state index contributed by atoms with van der Waals surface area (Å²) in [6.07, 6.45) is 1.23. The molecule has 0 aliphatic carbocycles. The molecule has 0 amide bonds. The highest BCUT2D eigenvalue weighted by Crippen LogP contribution is 2.25. The van der Waals surface area contributed by atoms with Crippen LogP contribution in [0.5, 0.6) is 0 Å². The van der Waals surface area contributed by atoms with Crippen LogP contribution in [0.25, 0.3) is 0 Å². The van der Waals surface area contributed by atoms with Gasteiger partial charge < -0.3 is 5.32 Å². The van der Waals surface area contributed by atoms with Gasteiger partial charge in [-0.15, -0.1) is 0 Å². The minimum absolute atomic E-state index is 0.231. The van der Waals surface area contributed by atoms with E-state index in [2.05, 4.69) is 5.32 Å². The summed E-state index contributed by atoms with van der Waals surface area (Å²) in [4.78, 5) is 0. The molecule has 1 rings (SSSR count). The molecule has 0 bridgehead atoms. The molecule has 0 aromatic heterocycles. The van der Waals surface area contributed by atoms with Crippen molar-refractivity contribution in [2.24, 2.45) is 0 Å². The van der Waals surface area contributed by atoms with Crippen LogP contribution in [-0.4, -0.2) is 26.5 Å². The van der Waals surface area contributed by atoms with Crippen molar-refractivity contribution in [2.45, 2.75) is 39.0 Å². The maximum Gasteiger partial charge on any atom is 0.151 e. The van der Waals surface area contributed by atoms with E-state index in [-0.39, 0.29) is 11.9 Å². The fourth-order valence-electron chi connectivity index (χ4n) is 2.18. The van der Waals surface area contributed by atoms with E-state index in [1.165, 1.54) is 6.26 Å². The van der Waals surface area contributed by atoms with E-state index in [4.69, 9.17) is 0 Å². The van der Waals surface area contributed by atoms with E-state index >= 15 is 0 Å². The highest BCUT2D eigenvalue weighted by Gasteiger charge is 2.27. The first-order chi connectivity index (χ1) is 8.68. The zero-order valence-corrected chi connectivity index (χ0v) is 12.9. The van der Waals surface area contributed by atoms with E-state index in [0.29, 0.717) is 17.7 Å². The molecule has 0 aliphatic rings. The lowest BCUT2D eigenvalue weighted by atomic mass is 9.99. The predicted molar refractivity (Wildman–Crippen MR) is 76.6 cm³/mol. The van der Waals surface area contributed by atoms with Crippen molar-refractivity contribution in [3.8, 4) is 0 Å². The van der Waals surface area contributed by atoms with Gasteiger partial charge in [0.05, 0.1) is 5.25 Å². The number of benzene rings is 1. The molecule has 1 aromatic carbocycles. The first kappa shape index (κ1) is 16.1. The number of rotatable bonds is 5. The van der Waals surface area contributed by atoms with Gasteiger partial charge >= 0.3 is 0 Å². The quantitative estimate of drug-likeness (QED) is 0.905. The standard InChI is InChI=1S/C14H22FNO2S/c1-6-16-14(11(4)19(5,17)18)12-7-9(2)13(15)10(3)8-12/h7-8,11,14,16H,6H2,1-5H3. The van der Waals surface area contributed by atoms with Gasteiger partial charge in [0.15, 0.2) is 9.84 Å². The third-order valence-corrected chi connectivity index (χ3v) is 5.01. The van der Waals surface area contributed by atoms with Crippen LogP contribution in [-0.2, 0) is 9.84 Å². The fraction of sp³-hybridized carbons (Fsp3) is 0.571. The van der Waals surface area contributed by atoms with Crippen LogP contribution in [0.3, 0.4) is 0 Å². The van der Waals surface area contributed by atoms with Crippen molar-refractivity contribution in [1.82, 2.24) is 5.32 Å². The second-order valence-electron chi connectivity index (χ2n) is 5.04. The predicted octanol–water partition coefficient (Wildman–Crippen LogP) is 2.53. The number of hydrogen-bond acceptors (Lipinski definition) is 3. The Morgan fingerprint density at radius 3 is 2.11 bits per heavy atom. The molecule has 0 spiro atoms. The first-order valence-electron chi connectivity index (χ1n) is 6.37. The Morgan fingerprint density at radius 1 is 1.26 bits per heavy atom. The zero-order chi connectivity index (χ0) is 14.8. The number of sulfone groups is 1. The molecular weight excluding hydrogens is 265 g/mol. The summed E-state index contributed by atoms with van der Waals surface area (Å²) in [5, 5.41) is 2.62. The average Bonchev–Trinajstić information content (AvgIpc) is 2.30. The summed E-state index contributed by atoms with van der Waals surface area (Å²) in [6, 6.07) is 3.12. The van der Waals surface area contributed by atoms with Crippen LogP contribution in [0.15, 0.2) is 12.1 Å². The Labute approximate surface area is 115 Å². The molecule has 2 unspecified atom stereocenters. The summed E-state index contributed by atoms with van der Waals surface area (Å²) in [6.45, 7) is 7.64. The van der Waals surface area contributed by atoms with Gasteiger partial charge in [-0.25, -0.2) is 12.8 Å². The van der Waals surface area contributed by atoms with E-state index < -0.39 is 15.1 Å². The summed E-state index contributed by atoms with van der Waals surface area (Å²) in [7, 11) is -3.16. The summed E-state index contributed by atoms with van der Waals surface area (Å²) in [5.41, 5.74) is 1.90. The molecule has 0 radical (unpaired) electrons. The van der Waals surface area contributed by atoms with E-state index in [9.17, 15) is 12.8 Å². The Balaban J connectivity index is 3.27. The summed E-state index contributed by atoms with van der Waals surface area (Å²) < 4.78 is 37.1. The molecule has 0 saturated carbocycles. The van der Waals surface area contributed by atoms with Gasteiger partial charge in [-0.05, 0) is 44.0 Å². The molecule has 0 heterocycles. The summed E-state index contributed by atoms with van der Waals surface area (Å²) >= 11 is 0. The second-order valence-corrected chi connectivity index (χ2v) is 7.44. The Kier molecular flexibility index (Phi) is 5.10. The molecule has 1 aromatic rings. The zero-order valence-electron chi connectivity index (χ0n) is 12.1. The van der Waals surface area contributed by atoms with Crippen LogP contribution in [0.4, 0.5) is 4.39 Å². The Bertz CT molecular complexity index is 532. The smallest absolute Gasteiger partial charge is 0.151 e. The van der Waals surface area contributed by atoms with E-state index in [1.807, 2.05) is 6.92 Å². The molecule has 0 saturated heterocycles. The van der Waals surface area contributed by atoms with Crippen molar-refractivity contribution in [3.05, 3.63) is 34.6 Å². The van der Waals surface area contributed by atoms with Crippen LogP contribution < -0.4 is 5.32 Å². The van der Waals surface area contributed by atoms with Gasteiger partial charge in [-0.1, -0.05) is 19.1 Å². The molecule has 108 valence electrons. The first-order valence-corrected chi connectivity index (χ1v) is 8.32. The van der Waals surface area contributed by atoms with E-state index in [0.717, 1.165) is 5.56 Å². The SMILES string of the molecule is CCNC(c1cc(C)c(F)c(C)c1)C(C)S(C)(=O)=O. The highest BCUT2D eigenvalue weighted by atomic mass is 32.2. The highest BCUT2D eigenvalue weighted by molar-refractivity contribution is 7.91. The van der Waals surface area contributed by atoms with E-state index in [1.54, 1.807) is 32.9 Å². The van der Waals surface area contributed by atoms with Gasteiger partial charge in [-0.3, -0.25) is 0 Å². The van der Waals surface area contributed by atoms with Gasteiger partial charge in [0.25, 0.3) is 0 Å². The molecule has 2 atom stereocenters. The van der Waals surface area contributed by atoms with Gasteiger partial charge in [0.1, 0.15) is 5.82 Å². The minimum atomic E-state index is -3.16. The topological polar surface area (TPSA) is 46.2 Å². The normalized spacial score (nSPS) is 15.3. The number of nitrogens with one attached hydrogen (secondary N) is 1. The van der Waals surface area contributed by atoms with Crippen LogP contribution >= 0.6 is 0 Å². The Morgan fingerprint density at radius 2 is 1.74 bits per heavy atom. The number of aryl methyl sites for hydroxylation is 2. The fourth-order valence-corrected chi connectivity index (χ4v) is 2.93. The lowest BCUT2D eigenvalue weighted by Crippen LogP contribution is -2.35.